The Morgan fingerprint density at radius 1 is 1.13 bits per heavy atom. The number of carbonyl (C=O) groups excluding carboxylic acids is 2. The lowest BCUT2D eigenvalue weighted by Gasteiger charge is -2.44. The van der Waals surface area contributed by atoms with E-state index in [2.05, 4.69) is 20.5 Å². The zero-order valence-electron chi connectivity index (χ0n) is 21.7. The van der Waals surface area contributed by atoms with Gasteiger partial charge in [0.05, 0.1) is 23.8 Å². The second-order valence-electron chi connectivity index (χ2n) is 10.4. The number of rotatable bonds is 6. The molecule has 0 atom stereocenters. The zero-order valence-corrected chi connectivity index (χ0v) is 21.7. The molecule has 0 bridgehead atoms. The molecule has 0 saturated carbocycles. The first-order chi connectivity index (χ1) is 18.4. The molecule has 0 spiro atoms. The molecule has 6 rings (SSSR count). The van der Waals surface area contributed by atoms with Crippen LogP contribution in [0.25, 0.3) is 5.82 Å². The van der Waals surface area contributed by atoms with Gasteiger partial charge in [0, 0.05) is 74.7 Å². The number of amides is 2. The fraction of sp³-hybridized carbons (Fsp3) is 0.407. The number of piperazine rings is 1. The van der Waals surface area contributed by atoms with Crippen molar-refractivity contribution in [3.63, 3.8) is 0 Å². The number of benzene rings is 1. The third kappa shape index (κ3) is 4.12. The first-order valence-corrected chi connectivity index (χ1v) is 12.9. The maximum atomic E-state index is 12.9. The van der Waals surface area contributed by atoms with E-state index in [-0.39, 0.29) is 11.3 Å². The van der Waals surface area contributed by atoms with Gasteiger partial charge in [-0.15, -0.1) is 0 Å². The molecule has 2 aromatic heterocycles. The van der Waals surface area contributed by atoms with E-state index in [9.17, 15) is 9.59 Å². The van der Waals surface area contributed by atoms with Crippen molar-refractivity contribution in [3.05, 3.63) is 53.5 Å². The van der Waals surface area contributed by atoms with Gasteiger partial charge in [0.2, 0.25) is 11.9 Å². The summed E-state index contributed by atoms with van der Waals surface area (Å²) in [6, 6.07) is 7.74. The van der Waals surface area contributed by atoms with E-state index in [4.69, 9.17) is 15.5 Å². The van der Waals surface area contributed by atoms with Crippen LogP contribution in [0.1, 0.15) is 28.5 Å². The second-order valence-corrected chi connectivity index (χ2v) is 10.4. The number of ether oxygens (including phenoxy) is 1. The van der Waals surface area contributed by atoms with E-state index >= 15 is 0 Å². The maximum absolute atomic E-state index is 12.9. The standard InChI is InChI=1S/C27H32N8O3/c1-27(15-29-16-27)25(37)34-11-9-33(10-12-34)18-4-5-20(22(13-18)38-2)31-26-30-14-17-3-6-21-19(23(28)36)7-8-35(21)24(17)32-26/h4-5,7-8,13-14,29H,3,6,9-12,15-16H2,1-2H3,(H2,28,36)(H,30,31,32). The molecule has 3 aromatic rings. The maximum Gasteiger partial charge on any atom is 0.250 e. The molecule has 38 heavy (non-hydrogen) atoms. The minimum Gasteiger partial charge on any atom is -0.494 e. The first-order valence-electron chi connectivity index (χ1n) is 12.9. The van der Waals surface area contributed by atoms with Gasteiger partial charge in [0.1, 0.15) is 11.6 Å². The minimum absolute atomic E-state index is 0.246. The van der Waals surface area contributed by atoms with Crippen molar-refractivity contribution in [1.29, 1.82) is 0 Å². The summed E-state index contributed by atoms with van der Waals surface area (Å²) >= 11 is 0. The van der Waals surface area contributed by atoms with Crippen molar-refractivity contribution in [2.45, 2.75) is 19.8 Å². The third-order valence-electron chi connectivity index (χ3n) is 7.87. The third-order valence-corrected chi connectivity index (χ3v) is 7.87. The molecular formula is C27H32N8O3. The zero-order chi connectivity index (χ0) is 26.4. The Labute approximate surface area is 221 Å². The van der Waals surface area contributed by atoms with Crippen molar-refractivity contribution in [2.24, 2.45) is 11.1 Å². The van der Waals surface area contributed by atoms with Crippen molar-refractivity contribution in [3.8, 4) is 11.6 Å². The molecule has 198 valence electrons. The van der Waals surface area contributed by atoms with E-state index < -0.39 is 5.91 Å². The van der Waals surface area contributed by atoms with E-state index in [1.54, 1.807) is 13.2 Å². The molecule has 3 aliphatic heterocycles. The van der Waals surface area contributed by atoms with Crippen LogP contribution in [0.5, 0.6) is 5.75 Å². The highest BCUT2D eigenvalue weighted by Gasteiger charge is 2.42. The number of fused-ring (bicyclic) bond motifs is 3. The predicted octanol–water partition coefficient (Wildman–Crippen LogP) is 1.48. The van der Waals surface area contributed by atoms with Crippen molar-refractivity contribution in [1.82, 2.24) is 24.8 Å². The minimum atomic E-state index is -0.433. The summed E-state index contributed by atoms with van der Waals surface area (Å²) in [5.41, 5.74) is 9.48. The van der Waals surface area contributed by atoms with Gasteiger partial charge >= 0.3 is 0 Å². The van der Waals surface area contributed by atoms with E-state index in [0.717, 1.165) is 61.0 Å². The molecule has 4 N–H and O–H groups in total. The summed E-state index contributed by atoms with van der Waals surface area (Å²) < 4.78 is 7.62. The summed E-state index contributed by atoms with van der Waals surface area (Å²) in [7, 11) is 1.64. The number of anilines is 3. The first kappa shape index (κ1) is 24.2. The average Bonchev–Trinajstić information content (AvgIpc) is 3.37. The van der Waals surface area contributed by atoms with Crippen LogP contribution < -0.4 is 26.0 Å². The van der Waals surface area contributed by atoms with Crippen molar-refractivity contribution in [2.75, 3.05) is 56.6 Å². The average molecular weight is 517 g/mol. The Hall–Kier alpha value is -4.12. The molecule has 11 nitrogen and oxygen atoms in total. The van der Waals surface area contributed by atoms with E-state index in [1.807, 2.05) is 47.0 Å². The normalized spacial score (nSPS) is 17.7. The van der Waals surface area contributed by atoms with Crippen LogP contribution in [-0.4, -0.2) is 77.6 Å². The highest BCUT2D eigenvalue weighted by Crippen LogP contribution is 2.33. The SMILES string of the molecule is COc1cc(N2CCN(C(=O)C3(C)CNC3)CC2)ccc1Nc1ncc2c(n1)-n1ccc(C(N)=O)c1CC2. The van der Waals surface area contributed by atoms with Gasteiger partial charge in [-0.2, -0.15) is 4.98 Å². The fourth-order valence-electron chi connectivity index (χ4n) is 5.54. The summed E-state index contributed by atoms with van der Waals surface area (Å²) in [6.07, 6.45) is 5.10. The van der Waals surface area contributed by atoms with Crippen LogP contribution in [0.3, 0.4) is 0 Å². The second kappa shape index (κ2) is 9.32. The van der Waals surface area contributed by atoms with Gasteiger partial charge in [-0.25, -0.2) is 4.98 Å². The van der Waals surface area contributed by atoms with Gasteiger partial charge in [0.15, 0.2) is 0 Å². The number of carbonyl (C=O) groups is 2. The molecule has 5 heterocycles. The van der Waals surface area contributed by atoms with Crippen LogP contribution in [0, 0.1) is 5.41 Å². The topological polar surface area (TPSA) is 131 Å². The van der Waals surface area contributed by atoms with Gasteiger partial charge in [-0.1, -0.05) is 0 Å². The number of primary amides is 1. The highest BCUT2D eigenvalue weighted by molar-refractivity contribution is 5.94. The quantitative estimate of drug-likeness (QED) is 0.449. The predicted molar refractivity (Wildman–Crippen MR) is 143 cm³/mol. The van der Waals surface area contributed by atoms with E-state index in [0.29, 0.717) is 36.8 Å². The lowest BCUT2D eigenvalue weighted by Crippen LogP contribution is -2.62. The molecule has 2 fully saturated rings. The van der Waals surface area contributed by atoms with Gasteiger partial charge < -0.3 is 35.5 Å². The summed E-state index contributed by atoms with van der Waals surface area (Å²) in [4.78, 5) is 38.2. The summed E-state index contributed by atoms with van der Waals surface area (Å²) in [6.45, 7) is 6.50. The molecule has 1 aromatic carbocycles. The Kier molecular flexibility index (Phi) is 5.94. The van der Waals surface area contributed by atoms with Crippen LogP contribution in [0.2, 0.25) is 0 Å². The number of hydrogen-bond donors (Lipinski definition) is 3. The van der Waals surface area contributed by atoms with Crippen molar-refractivity contribution < 1.29 is 14.3 Å². The van der Waals surface area contributed by atoms with Crippen molar-refractivity contribution >= 4 is 29.1 Å². The number of aryl methyl sites for hydroxylation is 1. The van der Waals surface area contributed by atoms with E-state index in [1.165, 1.54) is 0 Å². The lowest BCUT2D eigenvalue weighted by molar-refractivity contribution is -0.144. The Balaban J connectivity index is 1.17. The van der Waals surface area contributed by atoms with Crippen LogP contribution in [-0.2, 0) is 17.6 Å². The smallest absolute Gasteiger partial charge is 0.250 e. The monoisotopic (exact) mass is 516 g/mol. The fourth-order valence-corrected chi connectivity index (χ4v) is 5.54. The molecule has 0 aliphatic carbocycles. The Bertz CT molecular complexity index is 1410. The Morgan fingerprint density at radius 3 is 2.61 bits per heavy atom. The highest BCUT2D eigenvalue weighted by atomic mass is 16.5. The van der Waals surface area contributed by atoms with Gasteiger partial charge in [-0.3, -0.25) is 9.59 Å². The largest absolute Gasteiger partial charge is 0.494 e. The molecule has 11 heteroatoms. The number of nitrogens with two attached hydrogens (primary N) is 1. The van der Waals surface area contributed by atoms with Crippen LogP contribution in [0.15, 0.2) is 36.7 Å². The molecule has 2 saturated heterocycles. The summed E-state index contributed by atoms with van der Waals surface area (Å²) in [5.74, 6) is 1.66. The van der Waals surface area contributed by atoms with Gasteiger partial charge in [0.25, 0.3) is 5.91 Å². The number of hydrogen-bond acceptors (Lipinski definition) is 8. The number of nitrogens with zero attached hydrogens (tertiary/aromatic N) is 5. The molecule has 3 aliphatic rings. The van der Waals surface area contributed by atoms with Crippen LogP contribution in [0.4, 0.5) is 17.3 Å². The Morgan fingerprint density at radius 2 is 1.92 bits per heavy atom. The molecular weight excluding hydrogens is 484 g/mol. The van der Waals surface area contributed by atoms with Gasteiger partial charge in [-0.05, 0) is 38.0 Å². The van der Waals surface area contributed by atoms with Crippen LogP contribution >= 0.6 is 0 Å². The molecule has 0 unspecified atom stereocenters. The number of aromatic nitrogens is 3. The number of nitrogens with one attached hydrogen (secondary N) is 2. The molecule has 2 amide bonds. The lowest BCUT2D eigenvalue weighted by atomic mass is 9.82. The molecule has 0 radical (unpaired) electrons. The number of methoxy groups -OCH3 is 1. The summed E-state index contributed by atoms with van der Waals surface area (Å²) in [5, 5.41) is 6.50.